The smallest absolute Gasteiger partial charge is 0.377 e. The zero-order valence-electron chi connectivity index (χ0n) is 10.0. The monoisotopic (exact) mass is 368 g/mol. The molecule has 0 saturated carbocycles. The van der Waals surface area contributed by atoms with Crippen molar-refractivity contribution < 1.29 is 18.3 Å². The minimum absolute atomic E-state index is 0.0287. The molecule has 0 fully saturated rings. The average molecular weight is 368 g/mol. The Bertz CT molecular complexity index is 382. The lowest BCUT2D eigenvalue weighted by Gasteiger charge is -2.18. The van der Waals surface area contributed by atoms with Crippen LogP contribution < -0.4 is 0 Å². The number of alkyl halides is 3. The van der Waals surface area contributed by atoms with Crippen molar-refractivity contribution in [1.29, 1.82) is 0 Å². The topological polar surface area (TPSA) is 26.3 Å². The fourth-order valence-electron chi connectivity index (χ4n) is 1.54. The SMILES string of the molecule is CCOC(=O)C(F)(F)CC(I)Cc1ccccc1. The molecule has 5 heteroatoms. The Morgan fingerprint density at radius 2 is 2.00 bits per heavy atom. The van der Waals surface area contributed by atoms with Gasteiger partial charge >= 0.3 is 11.9 Å². The minimum Gasteiger partial charge on any atom is -0.462 e. The van der Waals surface area contributed by atoms with Crippen LogP contribution in [0.5, 0.6) is 0 Å². The van der Waals surface area contributed by atoms with E-state index in [9.17, 15) is 13.6 Å². The van der Waals surface area contributed by atoms with Gasteiger partial charge < -0.3 is 4.74 Å². The van der Waals surface area contributed by atoms with Crippen molar-refractivity contribution in [3.05, 3.63) is 35.9 Å². The van der Waals surface area contributed by atoms with Gasteiger partial charge in [-0.15, -0.1) is 0 Å². The molecule has 1 atom stereocenters. The lowest BCUT2D eigenvalue weighted by Crippen LogP contribution is -2.33. The first-order valence-electron chi connectivity index (χ1n) is 5.68. The molecule has 2 nitrogen and oxygen atoms in total. The van der Waals surface area contributed by atoms with Gasteiger partial charge in [-0.3, -0.25) is 0 Å². The molecular formula is C13H15F2IO2. The molecule has 0 aliphatic rings. The third-order valence-corrected chi connectivity index (χ3v) is 3.23. The van der Waals surface area contributed by atoms with E-state index in [1.165, 1.54) is 6.92 Å². The summed E-state index contributed by atoms with van der Waals surface area (Å²) < 4.78 is 31.0. The summed E-state index contributed by atoms with van der Waals surface area (Å²) in [6.07, 6.45) is 0.0116. The first-order valence-corrected chi connectivity index (χ1v) is 6.93. The Hall–Kier alpha value is -0.720. The molecule has 0 aliphatic heterocycles. The molecule has 0 aliphatic carbocycles. The van der Waals surface area contributed by atoms with Gasteiger partial charge in [0.05, 0.1) is 6.61 Å². The Morgan fingerprint density at radius 3 is 2.56 bits per heavy atom. The maximum atomic E-state index is 13.5. The number of benzene rings is 1. The van der Waals surface area contributed by atoms with E-state index in [1.54, 1.807) is 0 Å². The van der Waals surface area contributed by atoms with Gasteiger partial charge in [0, 0.05) is 10.3 Å². The van der Waals surface area contributed by atoms with Crippen LogP contribution in [-0.2, 0) is 16.0 Å². The molecule has 0 amide bonds. The zero-order valence-corrected chi connectivity index (χ0v) is 12.2. The summed E-state index contributed by atoms with van der Waals surface area (Å²) in [5.41, 5.74) is 0.983. The van der Waals surface area contributed by atoms with Crippen molar-refractivity contribution in [2.45, 2.75) is 29.6 Å². The summed E-state index contributed by atoms with van der Waals surface area (Å²) in [6.45, 7) is 1.48. The van der Waals surface area contributed by atoms with E-state index in [4.69, 9.17) is 0 Å². The maximum absolute atomic E-state index is 13.5. The number of carbonyl (C=O) groups is 1. The lowest BCUT2D eigenvalue weighted by atomic mass is 10.1. The highest BCUT2D eigenvalue weighted by Gasteiger charge is 2.42. The summed E-state index contributed by atoms with van der Waals surface area (Å²) in [6, 6.07) is 9.37. The molecule has 0 aromatic heterocycles. The summed E-state index contributed by atoms with van der Waals surface area (Å²) in [5.74, 6) is -4.84. The highest BCUT2D eigenvalue weighted by Crippen LogP contribution is 2.27. The highest BCUT2D eigenvalue weighted by atomic mass is 127. The van der Waals surface area contributed by atoms with Crippen molar-refractivity contribution in [3.8, 4) is 0 Å². The molecule has 0 radical (unpaired) electrons. The maximum Gasteiger partial charge on any atom is 0.377 e. The number of esters is 1. The number of ether oxygens (including phenoxy) is 1. The molecule has 1 aromatic carbocycles. The van der Waals surface area contributed by atoms with E-state index < -0.39 is 18.3 Å². The van der Waals surface area contributed by atoms with E-state index >= 15 is 0 Å². The molecule has 1 unspecified atom stereocenters. The standard InChI is InChI=1S/C13H15F2IO2/c1-2-18-12(17)13(14,15)9-11(16)8-10-6-4-3-5-7-10/h3-7,11H,2,8-9H2,1H3. The number of carbonyl (C=O) groups excluding carboxylic acids is 1. The average Bonchev–Trinajstić information content (AvgIpc) is 2.29. The second kappa shape index (κ2) is 7.01. The van der Waals surface area contributed by atoms with E-state index in [0.717, 1.165) is 5.56 Å². The molecular weight excluding hydrogens is 353 g/mol. The van der Waals surface area contributed by atoms with Crippen LogP contribution in [-0.4, -0.2) is 22.4 Å². The van der Waals surface area contributed by atoms with Crippen molar-refractivity contribution in [2.75, 3.05) is 6.61 Å². The van der Waals surface area contributed by atoms with Crippen LogP contribution in [0.2, 0.25) is 0 Å². The second-order valence-corrected chi connectivity index (χ2v) is 5.68. The third-order valence-electron chi connectivity index (χ3n) is 2.35. The van der Waals surface area contributed by atoms with Gasteiger partial charge in [0.15, 0.2) is 0 Å². The number of hydrogen-bond acceptors (Lipinski definition) is 2. The van der Waals surface area contributed by atoms with Gasteiger partial charge in [0.2, 0.25) is 0 Å². The summed E-state index contributed by atoms with van der Waals surface area (Å²) in [4.78, 5) is 11.1. The van der Waals surface area contributed by atoms with Crippen LogP contribution in [0.4, 0.5) is 8.78 Å². The predicted octanol–water partition coefficient (Wildman–Crippen LogP) is 3.62. The first kappa shape index (κ1) is 15.3. The molecule has 0 spiro atoms. The number of halogens is 3. The number of hydrogen-bond donors (Lipinski definition) is 0. The van der Waals surface area contributed by atoms with E-state index in [2.05, 4.69) is 4.74 Å². The van der Waals surface area contributed by atoms with Crippen LogP contribution in [0.1, 0.15) is 18.9 Å². The Morgan fingerprint density at radius 1 is 1.39 bits per heavy atom. The number of rotatable bonds is 6. The van der Waals surface area contributed by atoms with Crippen LogP contribution in [0.25, 0.3) is 0 Å². The van der Waals surface area contributed by atoms with Crippen molar-refractivity contribution >= 4 is 28.6 Å². The Balaban J connectivity index is 2.53. The van der Waals surface area contributed by atoms with Crippen LogP contribution in [0, 0.1) is 0 Å². The molecule has 0 heterocycles. The highest BCUT2D eigenvalue weighted by molar-refractivity contribution is 14.1. The predicted molar refractivity (Wildman–Crippen MR) is 74.2 cm³/mol. The largest absolute Gasteiger partial charge is 0.462 e. The quantitative estimate of drug-likeness (QED) is 0.436. The van der Waals surface area contributed by atoms with E-state index in [0.29, 0.717) is 6.42 Å². The van der Waals surface area contributed by atoms with Gasteiger partial charge in [-0.1, -0.05) is 52.9 Å². The molecule has 0 N–H and O–H groups in total. The van der Waals surface area contributed by atoms with Crippen molar-refractivity contribution in [1.82, 2.24) is 0 Å². The van der Waals surface area contributed by atoms with Crippen LogP contribution >= 0.6 is 22.6 Å². The second-order valence-electron chi connectivity index (χ2n) is 3.92. The molecule has 100 valence electrons. The Labute approximate surface area is 119 Å². The zero-order chi connectivity index (χ0) is 13.6. The Kier molecular flexibility index (Phi) is 5.98. The molecule has 18 heavy (non-hydrogen) atoms. The van der Waals surface area contributed by atoms with E-state index in [-0.39, 0.29) is 10.5 Å². The normalized spacial score (nSPS) is 13.1. The van der Waals surface area contributed by atoms with E-state index in [1.807, 2.05) is 52.9 Å². The summed E-state index contributed by atoms with van der Waals surface area (Å²) in [5, 5.41) is 0. The van der Waals surface area contributed by atoms with Gasteiger partial charge in [0.25, 0.3) is 0 Å². The van der Waals surface area contributed by atoms with Crippen molar-refractivity contribution in [2.24, 2.45) is 0 Å². The van der Waals surface area contributed by atoms with Crippen LogP contribution in [0.3, 0.4) is 0 Å². The third kappa shape index (κ3) is 4.88. The molecule has 1 aromatic rings. The molecule has 0 bridgehead atoms. The minimum atomic E-state index is -3.41. The van der Waals surface area contributed by atoms with Crippen molar-refractivity contribution in [3.63, 3.8) is 0 Å². The summed E-state index contributed by atoms with van der Waals surface area (Å²) in [7, 11) is 0. The molecule has 0 saturated heterocycles. The van der Waals surface area contributed by atoms with Gasteiger partial charge in [-0.25, -0.2) is 4.79 Å². The van der Waals surface area contributed by atoms with Gasteiger partial charge in [-0.05, 0) is 18.9 Å². The fraction of sp³-hybridized carbons (Fsp3) is 0.462. The van der Waals surface area contributed by atoms with Crippen LogP contribution in [0.15, 0.2) is 30.3 Å². The van der Waals surface area contributed by atoms with Gasteiger partial charge in [0.1, 0.15) is 0 Å². The summed E-state index contributed by atoms with van der Waals surface area (Å²) >= 11 is 1.94. The van der Waals surface area contributed by atoms with Gasteiger partial charge in [-0.2, -0.15) is 8.78 Å². The fourth-order valence-corrected chi connectivity index (χ4v) is 2.60. The molecule has 1 rings (SSSR count). The lowest BCUT2D eigenvalue weighted by molar-refractivity contribution is -0.172. The first-order chi connectivity index (χ1) is 8.45.